The molecule has 1 aliphatic heterocycles. The van der Waals surface area contributed by atoms with Crippen LogP contribution in [0.5, 0.6) is 5.75 Å². The van der Waals surface area contributed by atoms with Crippen LogP contribution >= 0.6 is 11.3 Å². The van der Waals surface area contributed by atoms with Crippen molar-refractivity contribution in [3.05, 3.63) is 132 Å². The van der Waals surface area contributed by atoms with E-state index in [0.29, 0.717) is 33.1 Å². The van der Waals surface area contributed by atoms with Crippen molar-refractivity contribution in [2.24, 2.45) is 4.99 Å². The minimum absolute atomic E-state index is 0.112. The summed E-state index contributed by atoms with van der Waals surface area (Å²) in [7, 11) is 1.55. The second-order valence-corrected chi connectivity index (χ2v) is 11.4. The maximum Gasteiger partial charge on any atom is 0.338 e. The van der Waals surface area contributed by atoms with E-state index in [2.05, 4.69) is 18.8 Å². The van der Waals surface area contributed by atoms with Crippen molar-refractivity contribution in [2.75, 3.05) is 20.3 Å². The predicted molar refractivity (Wildman–Crippen MR) is 164 cm³/mol. The summed E-state index contributed by atoms with van der Waals surface area (Å²) in [6.45, 7) is 6.91. The number of hydrogen-bond donors (Lipinski definition) is 0. The number of nitrogens with zero attached hydrogens (tertiary/aromatic N) is 2. The third-order valence-electron chi connectivity index (χ3n) is 7.11. The first kappa shape index (κ1) is 29.2. The molecule has 0 radical (unpaired) electrons. The van der Waals surface area contributed by atoms with Crippen LogP contribution in [0.3, 0.4) is 0 Å². The van der Waals surface area contributed by atoms with Gasteiger partial charge in [0.15, 0.2) is 4.80 Å². The number of esters is 1. The smallest absolute Gasteiger partial charge is 0.338 e. The molecule has 216 valence electrons. The van der Waals surface area contributed by atoms with Gasteiger partial charge in [0.25, 0.3) is 5.56 Å². The Morgan fingerprint density at radius 1 is 1.00 bits per heavy atom. The van der Waals surface area contributed by atoms with Gasteiger partial charge in [0.1, 0.15) is 19.0 Å². The number of carbonyl (C=O) groups is 1. The lowest BCUT2D eigenvalue weighted by Crippen LogP contribution is -2.40. The summed E-state index contributed by atoms with van der Waals surface area (Å²) in [4.78, 5) is 32.4. The Morgan fingerprint density at radius 2 is 1.71 bits per heavy atom. The van der Waals surface area contributed by atoms with Gasteiger partial charge in [0.05, 0.1) is 28.5 Å². The van der Waals surface area contributed by atoms with Gasteiger partial charge in [-0.05, 0) is 53.3 Å². The predicted octanol–water partition coefficient (Wildman–Crippen LogP) is 5.13. The van der Waals surface area contributed by atoms with E-state index < -0.39 is 12.0 Å². The molecule has 0 bridgehead atoms. The average molecular weight is 583 g/mol. The highest BCUT2D eigenvalue weighted by atomic mass is 32.1. The van der Waals surface area contributed by atoms with Crippen molar-refractivity contribution in [1.29, 1.82) is 0 Å². The van der Waals surface area contributed by atoms with Crippen molar-refractivity contribution < 1.29 is 19.0 Å². The average Bonchev–Trinajstić information content (AvgIpc) is 3.30. The Kier molecular flexibility index (Phi) is 9.15. The van der Waals surface area contributed by atoms with Crippen LogP contribution in [0.15, 0.2) is 99.9 Å². The van der Waals surface area contributed by atoms with E-state index in [1.165, 1.54) is 16.9 Å². The summed E-state index contributed by atoms with van der Waals surface area (Å²) in [6, 6.07) is 25.0. The molecule has 4 aromatic rings. The number of hydrogen-bond acceptors (Lipinski definition) is 7. The molecular weight excluding hydrogens is 548 g/mol. The molecule has 1 unspecified atom stereocenters. The van der Waals surface area contributed by atoms with Gasteiger partial charge in [-0.3, -0.25) is 9.36 Å². The summed E-state index contributed by atoms with van der Waals surface area (Å²) < 4.78 is 18.6. The highest BCUT2D eigenvalue weighted by Gasteiger charge is 2.33. The van der Waals surface area contributed by atoms with Crippen molar-refractivity contribution in [3.8, 4) is 5.75 Å². The normalized spacial score (nSPS) is 15.0. The van der Waals surface area contributed by atoms with Crippen LogP contribution in [0.1, 0.15) is 55.0 Å². The Morgan fingerprint density at radius 3 is 2.38 bits per heavy atom. The minimum Gasteiger partial charge on any atom is -0.489 e. The van der Waals surface area contributed by atoms with E-state index in [9.17, 15) is 9.59 Å². The van der Waals surface area contributed by atoms with Gasteiger partial charge in [-0.25, -0.2) is 9.79 Å². The molecule has 2 heterocycles. The van der Waals surface area contributed by atoms with Gasteiger partial charge < -0.3 is 14.2 Å². The molecule has 3 aromatic carbocycles. The molecule has 5 rings (SSSR count). The lowest BCUT2D eigenvalue weighted by atomic mass is 9.93. The van der Waals surface area contributed by atoms with Crippen molar-refractivity contribution in [1.82, 2.24) is 4.57 Å². The Hall–Kier alpha value is -4.27. The lowest BCUT2D eigenvalue weighted by Gasteiger charge is -2.25. The van der Waals surface area contributed by atoms with E-state index in [1.54, 1.807) is 18.6 Å². The fourth-order valence-electron chi connectivity index (χ4n) is 4.81. The molecular formula is C34H34N2O5S. The lowest BCUT2D eigenvalue weighted by molar-refractivity contribution is -0.140. The van der Waals surface area contributed by atoms with Crippen LogP contribution in [0, 0.1) is 0 Å². The molecule has 0 spiro atoms. The molecule has 8 heteroatoms. The third-order valence-corrected chi connectivity index (χ3v) is 8.09. The summed E-state index contributed by atoms with van der Waals surface area (Å²) in [5, 5.41) is 0. The summed E-state index contributed by atoms with van der Waals surface area (Å²) in [5.74, 6) is 0.591. The zero-order chi connectivity index (χ0) is 29.6. The number of thiazole rings is 1. The Bertz CT molecular complexity index is 1750. The first-order valence-electron chi connectivity index (χ1n) is 13.9. The first-order chi connectivity index (χ1) is 20.4. The van der Waals surface area contributed by atoms with Crippen LogP contribution in [0.25, 0.3) is 6.08 Å². The van der Waals surface area contributed by atoms with Crippen LogP contribution in [0.2, 0.25) is 0 Å². The zero-order valence-electron chi connectivity index (χ0n) is 24.2. The molecule has 0 saturated carbocycles. The van der Waals surface area contributed by atoms with Crippen LogP contribution < -0.4 is 19.6 Å². The molecule has 0 N–H and O–H groups in total. The number of benzene rings is 3. The number of aromatic nitrogens is 1. The van der Waals surface area contributed by atoms with Crippen LogP contribution in [0.4, 0.5) is 0 Å². The van der Waals surface area contributed by atoms with Gasteiger partial charge in [0, 0.05) is 7.11 Å². The topological polar surface area (TPSA) is 79.1 Å². The standard InChI is InChI=1S/C34H34N2O5S/c1-22(2)26-12-14-27(15-13-26)31-30(33(38)40-19-18-39-4)23(3)35-34-36(31)32(37)29(42-34)20-24-10-16-28(17-11-24)41-21-25-8-6-5-7-9-25/h5-17,20,22,31H,18-19,21H2,1-4H3. The summed E-state index contributed by atoms with van der Waals surface area (Å²) in [6.07, 6.45) is 1.85. The van der Waals surface area contributed by atoms with E-state index in [-0.39, 0.29) is 18.8 Å². The molecule has 1 aliphatic rings. The minimum atomic E-state index is -0.659. The molecule has 42 heavy (non-hydrogen) atoms. The fraction of sp³-hybridized carbons (Fsp3) is 0.265. The van der Waals surface area contributed by atoms with Crippen molar-refractivity contribution in [3.63, 3.8) is 0 Å². The number of ether oxygens (including phenoxy) is 3. The highest BCUT2D eigenvalue weighted by Crippen LogP contribution is 2.31. The number of allylic oxidation sites excluding steroid dienone is 1. The molecule has 1 atom stereocenters. The quantitative estimate of drug-likeness (QED) is 0.191. The molecule has 0 aliphatic carbocycles. The number of methoxy groups -OCH3 is 1. The Labute approximate surface area is 249 Å². The van der Waals surface area contributed by atoms with Gasteiger partial charge in [-0.2, -0.15) is 0 Å². The highest BCUT2D eigenvalue weighted by molar-refractivity contribution is 7.07. The maximum absolute atomic E-state index is 13.9. The molecule has 0 saturated heterocycles. The van der Waals surface area contributed by atoms with Gasteiger partial charge in [0.2, 0.25) is 0 Å². The van der Waals surface area contributed by atoms with Crippen LogP contribution in [-0.2, 0) is 20.9 Å². The molecule has 0 fully saturated rings. The number of rotatable bonds is 10. The fourth-order valence-corrected chi connectivity index (χ4v) is 5.86. The monoisotopic (exact) mass is 582 g/mol. The van der Waals surface area contributed by atoms with Crippen molar-refractivity contribution in [2.45, 2.75) is 39.3 Å². The Balaban J connectivity index is 1.50. The van der Waals surface area contributed by atoms with Crippen molar-refractivity contribution >= 4 is 23.4 Å². The summed E-state index contributed by atoms with van der Waals surface area (Å²) >= 11 is 1.30. The van der Waals surface area contributed by atoms with Gasteiger partial charge in [-0.15, -0.1) is 0 Å². The largest absolute Gasteiger partial charge is 0.489 e. The second-order valence-electron chi connectivity index (χ2n) is 10.4. The molecule has 1 aromatic heterocycles. The maximum atomic E-state index is 13.9. The van der Waals surface area contributed by atoms with Crippen LogP contribution in [-0.4, -0.2) is 30.9 Å². The molecule has 0 amide bonds. The van der Waals surface area contributed by atoms with Gasteiger partial charge >= 0.3 is 5.97 Å². The second kappa shape index (κ2) is 13.1. The van der Waals surface area contributed by atoms with E-state index in [1.807, 2.05) is 84.9 Å². The van der Waals surface area contributed by atoms with Gasteiger partial charge in [-0.1, -0.05) is 91.9 Å². The van der Waals surface area contributed by atoms with E-state index >= 15 is 0 Å². The molecule has 7 nitrogen and oxygen atoms in total. The zero-order valence-corrected chi connectivity index (χ0v) is 25.0. The first-order valence-corrected chi connectivity index (χ1v) is 14.7. The SMILES string of the molecule is COCCOC(=O)C1=C(C)N=c2sc(=Cc3ccc(OCc4ccccc4)cc3)c(=O)n2C1c1ccc(C(C)C)cc1. The van der Waals surface area contributed by atoms with E-state index in [0.717, 1.165) is 22.4 Å². The third kappa shape index (κ3) is 6.45. The summed E-state index contributed by atoms with van der Waals surface area (Å²) in [5.41, 5.74) is 4.61. The van der Waals surface area contributed by atoms with E-state index in [4.69, 9.17) is 14.2 Å². The number of carbonyl (C=O) groups excluding carboxylic acids is 1. The number of fused-ring (bicyclic) bond motifs is 1.